The van der Waals surface area contributed by atoms with Crippen LogP contribution in [0.1, 0.15) is 41.0 Å². The number of unbranched alkanes of at least 4 members (excludes halogenated alkanes) is 1. The summed E-state index contributed by atoms with van der Waals surface area (Å²) in [5.41, 5.74) is 6.99. The molecule has 0 spiro atoms. The lowest BCUT2D eigenvalue weighted by atomic mass is 10.3. The third-order valence-electron chi connectivity index (χ3n) is 7.51. The van der Waals surface area contributed by atoms with E-state index in [0.29, 0.717) is 24.5 Å². The van der Waals surface area contributed by atoms with Crippen LogP contribution in [0, 0.1) is 6.92 Å². The Kier molecular flexibility index (Phi) is 9.03. The number of hydrogen-bond donors (Lipinski definition) is 3. The Morgan fingerprint density at radius 2 is 1.33 bits per heavy atom. The highest BCUT2D eigenvalue weighted by Gasteiger charge is 2.29. The molecule has 21 heteroatoms. The van der Waals surface area contributed by atoms with E-state index in [1.54, 1.807) is 6.92 Å². The third-order valence-corrected chi connectivity index (χ3v) is 9.08. The van der Waals surface area contributed by atoms with Crippen LogP contribution in [0.4, 0.5) is 0 Å². The van der Waals surface area contributed by atoms with Crippen molar-refractivity contribution in [2.75, 3.05) is 24.6 Å². The molecule has 0 unspecified atom stereocenters. The van der Waals surface area contributed by atoms with Crippen molar-refractivity contribution in [3.63, 3.8) is 0 Å². The predicted octanol–water partition coefficient (Wildman–Crippen LogP) is 5.05. The number of rotatable bonds is 8. The van der Waals surface area contributed by atoms with Crippen LogP contribution in [0.2, 0.25) is 0 Å². The fourth-order valence-electron chi connectivity index (χ4n) is 4.96. The van der Waals surface area contributed by atoms with E-state index in [-0.39, 0.29) is 97.5 Å². The van der Waals surface area contributed by atoms with Crippen molar-refractivity contribution in [2.24, 2.45) is 5.73 Å². The van der Waals surface area contributed by atoms with Crippen molar-refractivity contribution >= 4 is 39.5 Å². The molecule has 4 N–H and O–H groups in total. The molecular weight excluding hydrogens is 768 g/mol. The minimum Gasteiger partial charge on any atom is -0.442 e. The van der Waals surface area contributed by atoms with E-state index >= 15 is 0 Å². The number of nitrogens with two attached hydrogens (primary N) is 1. The van der Waals surface area contributed by atoms with Crippen LogP contribution in [0.5, 0.6) is 0 Å². The van der Waals surface area contributed by atoms with Gasteiger partial charge in [-0.05, 0) is 42.2 Å². The first-order chi connectivity index (χ1) is 25.3. The zero-order valence-electron chi connectivity index (χ0n) is 26.9. The van der Waals surface area contributed by atoms with Crippen molar-refractivity contribution in [3.05, 3.63) is 53.3 Å². The van der Waals surface area contributed by atoms with Crippen molar-refractivity contribution in [3.8, 4) is 69.5 Å². The van der Waals surface area contributed by atoms with Crippen LogP contribution >= 0.6 is 27.7 Å². The van der Waals surface area contributed by atoms with E-state index in [2.05, 4.69) is 61.5 Å². The second-order valence-electron chi connectivity index (χ2n) is 11.2. The molecule has 8 rings (SSSR count). The second-order valence-corrected chi connectivity index (χ2v) is 12.9. The molecule has 8 heterocycles. The van der Waals surface area contributed by atoms with Crippen molar-refractivity contribution < 1.29 is 40.5 Å². The molecule has 1 atom stereocenters. The topological polar surface area (TPSA) is 266 Å². The molecule has 0 radical (unpaired) electrons. The SMILES string of the molecule is Cc1oc2nc1-c1nc(co1)-c1nc(co1)-c1nc(co1)-c1nc(co1)-c1nc(co1)C(=O)N[C@@H](CSCC(=O)NCCCCN)c1nc-2c(Br)o1. The number of halogens is 1. The van der Waals surface area contributed by atoms with E-state index in [1.165, 1.54) is 43.1 Å². The Labute approximate surface area is 303 Å². The molecule has 14 bridgehead atoms. The first kappa shape index (κ1) is 33.3. The lowest BCUT2D eigenvalue weighted by Gasteiger charge is -2.14. The highest BCUT2D eigenvalue weighted by Crippen LogP contribution is 2.36. The molecule has 7 aromatic heterocycles. The first-order valence-electron chi connectivity index (χ1n) is 15.6. The van der Waals surface area contributed by atoms with Gasteiger partial charge in [-0.3, -0.25) is 9.59 Å². The number of hydrogen-bond acceptors (Lipinski definition) is 18. The molecule has 0 fully saturated rings. The standard InChI is InChI=1S/C31H25BrN10O9S/c1-13-21-30-40-18(10-49-30)28-39-17(9-48-28)27-38-16(8-47-27)26-37-15(7-46-26)25-36-14(6-45-25)24(44)35-19(11-52-12-20(43)34-5-3-2-4-33)29-42-22(23(32)51-29)31(41-21)50-13/h6-10,19H,2-5,11-12,33H2,1H3,(H,34,43)(H,35,44)/t19-/m0/s1. The number of carbonyl (C=O) groups is 2. The van der Waals surface area contributed by atoms with Crippen molar-refractivity contribution in [1.82, 2.24) is 45.5 Å². The van der Waals surface area contributed by atoms with Crippen LogP contribution in [-0.4, -0.2) is 71.3 Å². The van der Waals surface area contributed by atoms with Gasteiger partial charge in [-0.1, -0.05) is 0 Å². The number of nitrogens with one attached hydrogen (secondary N) is 2. The van der Waals surface area contributed by atoms with E-state index in [4.69, 9.17) is 36.7 Å². The monoisotopic (exact) mass is 792 g/mol. The second kappa shape index (κ2) is 14.1. The van der Waals surface area contributed by atoms with Crippen LogP contribution in [0.3, 0.4) is 0 Å². The average molecular weight is 794 g/mol. The van der Waals surface area contributed by atoms with Gasteiger partial charge in [0.1, 0.15) is 43.1 Å². The summed E-state index contributed by atoms with van der Waals surface area (Å²) < 4.78 is 40.2. The highest BCUT2D eigenvalue weighted by molar-refractivity contribution is 9.10. The number of amides is 2. The van der Waals surface area contributed by atoms with Gasteiger partial charge in [0.05, 0.1) is 5.75 Å². The maximum absolute atomic E-state index is 13.5. The van der Waals surface area contributed by atoms with Crippen LogP contribution < -0.4 is 16.4 Å². The molecular formula is C31H25BrN10O9S. The number of nitrogens with zero attached hydrogens (tertiary/aromatic N) is 7. The predicted molar refractivity (Wildman–Crippen MR) is 181 cm³/mol. The van der Waals surface area contributed by atoms with Crippen LogP contribution in [-0.2, 0) is 4.79 Å². The largest absolute Gasteiger partial charge is 0.442 e. The summed E-state index contributed by atoms with van der Waals surface area (Å²) >= 11 is 4.67. The molecule has 0 aliphatic carbocycles. The Morgan fingerprint density at radius 1 is 0.769 bits per heavy atom. The van der Waals surface area contributed by atoms with Gasteiger partial charge in [-0.25, -0.2) is 34.9 Å². The molecule has 1 aliphatic heterocycles. The van der Waals surface area contributed by atoms with Gasteiger partial charge in [0.2, 0.25) is 45.9 Å². The highest BCUT2D eigenvalue weighted by atomic mass is 79.9. The molecule has 266 valence electrons. The molecule has 1 aliphatic rings. The molecule has 2 amide bonds. The fraction of sp³-hybridized carbons (Fsp3) is 0.258. The maximum Gasteiger partial charge on any atom is 0.273 e. The summed E-state index contributed by atoms with van der Waals surface area (Å²) in [6.07, 6.45) is 8.11. The van der Waals surface area contributed by atoms with Gasteiger partial charge < -0.3 is 47.3 Å². The zero-order chi connectivity index (χ0) is 35.8. The average Bonchev–Trinajstić information content (AvgIpc) is 3.98. The fourth-order valence-corrected chi connectivity index (χ4v) is 6.25. The van der Waals surface area contributed by atoms with Gasteiger partial charge >= 0.3 is 0 Å². The van der Waals surface area contributed by atoms with Crippen molar-refractivity contribution in [1.29, 1.82) is 0 Å². The maximum atomic E-state index is 13.5. The summed E-state index contributed by atoms with van der Waals surface area (Å²) in [4.78, 5) is 57.2. The van der Waals surface area contributed by atoms with Gasteiger partial charge in [-0.15, -0.1) is 11.8 Å². The minimum absolute atomic E-state index is 0.0138. The summed E-state index contributed by atoms with van der Waals surface area (Å²) in [7, 11) is 0. The van der Waals surface area contributed by atoms with Crippen LogP contribution in [0.15, 0.2) is 66.9 Å². The van der Waals surface area contributed by atoms with Gasteiger partial charge in [0.25, 0.3) is 11.8 Å². The molecule has 7 aromatic rings. The van der Waals surface area contributed by atoms with E-state index in [9.17, 15) is 9.59 Å². The normalized spacial score (nSPS) is 13.9. The Hall–Kier alpha value is -5.80. The quantitative estimate of drug-likeness (QED) is 0.170. The zero-order valence-corrected chi connectivity index (χ0v) is 29.3. The number of thioether (sulfide) groups is 1. The Balaban J connectivity index is 1.14. The molecule has 0 saturated heterocycles. The number of aryl methyl sites for hydroxylation is 1. The molecule has 0 saturated carbocycles. The lowest BCUT2D eigenvalue weighted by molar-refractivity contribution is -0.118. The minimum atomic E-state index is -0.839. The number of aromatic nitrogens is 7. The summed E-state index contributed by atoms with van der Waals surface area (Å²) in [6, 6.07) is -0.839. The van der Waals surface area contributed by atoms with Crippen molar-refractivity contribution in [2.45, 2.75) is 25.8 Å². The first-order valence-corrected chi connectivity index (χ1v) is 17.6. The van der Waals surface area contributed by atoms with Gasteiger partial charge in [0, 0.05) is 12.3 Å². The molecule has 0 aromatic carbocycles. The van der Waals surface area contributed by atoms with E-state index < -0.39 is 11.9 Å². The van der Waals surface area contributed by atoms with E-state index in [0.717, 1.165) is 12.8 Å². The smallest absolute Gasteiger partial charge is 0.273 e. The van der Waals surface area contributed by atoms with Gasteiger partial charge in [-0.2, -0.15) is 0 Å². The number of fused-ring (bicyclic) bond motifs is 20. The number of carbonyl (C=O) groups excluding carboxylic acids is 2. The van der Waals surface area contributed by atoms with E-state index in [1.807, 2.05) is 0 Å². The Bertz CT molecular complexity index is 2380. The Morgan fingerprint density at radius 3 is 1.94 bits per heavy atom. The summed E-state index contributed by atoms with van der Waals surface area (Å²) in [5, 5.41) is 5.73. The lowest BCUT2D eigenvalue weighted by Crippen LogP contribution is -2.31. The van der Waals surface area contributed by atoms with Gasteiger partial charge in [0.15, 0.2) is 39.9 Å². The summed E-state index contributed by atoms with van der Waals surface area (Å²) in [6.45, 7) is 2.75. The number of oxazole rings is 7. The van der Waals surface area contributed by atoms with Crippen LogP contribution in [0.25, 0.3) is 69.5 Å². The third kappa shape index (κ3) is 6.67. The summed E-state index contributed by atoms with van der Waals surface area (Å²) in [5.74, 6) is 0.618. The molecule has 19 nitrogen and oxygen atoms in total. The molecule has 52 heavy (non-hydrogen) atoms.